The molecule has 23 heavy (non-hydrogen) atoms. The van der Waals surface area contributed by atoms with Crippen molar-refractivity contribution >= 4 is 0 Å². The molecule has 127 valence electrons. The van der Waals surface area contributed by atoms with Gasteiger partial charge < -0.3 is 0 Å². The zero-order chi connectivity index (χ0) is 17.9. The first-order valence-corrected chi connectivity index (χ1v) is 10.8. The fraction of sp³-hybridized carbons (Fsp3) is 0.619. The first-order chi connectivity index (χ1) is 10.4. The third-order valence-electron chi connectivity index (χ3n) is 6.78. The van der Waals surface area contributed by atoms with E-state index in [1.54, 1.807) is 7.76 Å². The molecule has 0 aliphatic heterocycles. The molecule has 0 aromatic heterocycles. The summed E-state index contributed by atoms with van der Waals surface area (Å²) in [6.45, 7) is 23.3. The van der Waals surface area contributed by atoms with Crippen LogP contribution in [-0.4, -0.2) is 7.11 Å². The number of hydrogen-bond acceptors (Lipinski definition) is 1. The molecule has 0 unspecified atom stereocenters. The predicted octanol–water partition coefficient (Wildman–Crippen LogP) is 6.47. The molecule has 0 radical (unpaired) electrons. The van der Waals surface area contributed by atoms with Crippen molar-refractivity contribution in [2.45, 2.75) is 69.2 Å². The average Bonchev–Trinajstić information content (AvgIpc) is 2.72. The van der Waals surface area contributed by atoms with E-state index in [4.69, 9.17) is 3.32 Å². The van der Waals surface area contributed by atoms with Crippen LogP contribution in [0, 0.1) is 10.8 Å². The van der Waals surface area contributed by atoms with Gasteiger partial charge in [0.05, 0.1) is 0 Å². The minimum absolute atomic E-state index is 0.132. The molecule has 0 saturated carbocycles. The molecule has 0 fully saturated rings. The van der Waals surface area contributed by atoms with Gasteiger partial charge in [-0.25, -0.2) is 0 Å². The summed E-state index contributed by atoms with van der Waals surface area (Å²) >= 11 is -2.01. The summed E-state index contributed by atoms with van der Waals surface area (Å²) in [7, 11) is 1.94. The van der Waals surface area contributed by atoms with Gasteiger partial charge in [-0.3, -0.25) is 0 Å². The summed E-state index contributed by atoms with van der Waals surface area (Å²) < 4.78 is 9.54. The Morgan fingerprint density at radius 3 is 1.09 bits per heavy atom. The summed E-state index contributed by atoms with van der Waals surface area (Å²) in [4.78, 5) is 0. The molecule has 0 heterocycles. The molecule has 0 bridgehead atoms. The van der Waals surface area contributed by atoms with Crippen molar-refractivity contribution in [3.63, 3.8) is 0 Å². The Labute approximate surface area is 149 Å². The van der Waals surface area contributed by atoms with Gasteiger partial charge in [-0.1, -0.05) is 0 Å². The van der Waals surface area contributed by atoms with Crippen LogP contribution in [0.5, 0.6) is 0 Å². The van der Waals surface area contributed by atoms with Crippen molar-refractivity contribution in [1.82, 2.24) is 0 Å². The molecule has 2 heteroatoms. The van der Waals surface area contributed by atoms with Gasteiger partial charge in [-0.2, -0.15) is 0 Å². The first kappa shape index (κ1) is 19.0. The van der Waals surface area contributed by atoms with Crippen molar-refractivity contribution in [2.75, 3.05) is 7.11 Å². The van der Waals surface area contributed by atoms with E-state index in [2.05, 4.69) is 69.2 Å². The SMILES string of the molecule is C[O][Ti]([C]1=C(C)C(C)=C(C)C1(C)C)[C]1=C(C)C(C)=C(C)C1(C)C. The topological polar surface area (TPSA) is 9.23 Å². The Kier molecular flexibility index (Phi) is 4.84. The number of allylic oxidation sites excluding steroid dienone is 8. The summed E-state index contributed by atoms with van der Waals surface area (Å²) in [6.07, 6.45) is 0. The monoisotopic (exact) mass is 349 g/mol. The van der Waals surface area contributed by atoms with Gasteiger partial charge in [-0.15, -0.1) is 0 Å². The fourth-order valence-electron chi connectivity index (χ4n) is 4.42. The molecule has 1 nitrogen and oxygen atoms in total. The van der Waals surface area contributed by atoms with Crippen LogP contribution in [0.15, 0.2) is 41.2 Å². The fourth-order valence-corrected chi connectivity index (χ4v) is 9.46. The van der Waals surface area contributed by atoms with Crippen LogP contribution in [0.25, 0.3) is 0 Å². The van der Waals surface area contributed by atoms with Crippen molar-refractivity contribution in [2.24, 2.45) is 10.8 Å². The van der Waals surface area contributed by atoms with E-state index in [0.29, 0.717) is 0 Å². The third kappa shape index (κ3) is 2.51. The van der Waals surface area contributed by atoms with E-state index in [0.717, 1.165) is 0 Å². The van der Waals surface area contributed by atoms with Gasteiger partial charge >= 0.3 is 150 Å². The van der Waals surface area contributed by atoms with E-state index in [9.17, 15) is 0 Å². The molecule has 2 rings (SSSR count). The maximum atomic E-state index is 6.32. The molecular weight excluding hydrogens is 316 g/mol. The van der Waals surface area contributed by atoms with Gasteiger partial charge in [0.2, 0.25) is 0 Å². The summed E-state index contributed by atoms with van der Waals surface area (Å²) in [5.74, 6) is 0. The van der Waals surface area contributed by atoms with Crippen LogP contribution >= 0.6 is 0 Å². The molecule has 0 aromatic carbocycles. The molecular formula is C21H33OTi. The second kappa shape index (κ2) is 5.86. The van der Waals surface area contributed by atoms with Crippen LogP contribution in [0.2, 0.25) is 0 Å². The minimum atomic E-state index is -2.01. The normalized spacial score (nSPS) is 23.6. The second-order valence-corrected chi connectivity index (χ2v) is 11.5. The van der Waals surface area contributed by atoms with E-state index in [1.165, 1.54) is 33.4 Å². The summed E-state index contributed by atoms with van der Waals surface area (Å²) in [6, 6.07) is 0. The summed E-state index contributed by atoms with van der Waals surface area (Å²) in [5.41, 5.74) is 9.22. The molecule has 0 saturated heterocycles. The molecule has 0 spiro atoms. The van der Waals surface area contributed by atoms with Gasteiger partial charge in [0.1, 0.15) is 0 Å². The zero-order valence-corrected chi connectivity index (χ0v) is 18.5. The molecule has 2 aliphatic carbocycles. The van der Waals surface area contributed by atoms with Gasteiger partial charge in [0.25, 0.3) is 0 Å². The van der Waals surface area contributed by atoms with Crippen molar-refractivity contribution in [3.05, 3.63) is 41.2 Å². The van der Waals surface area contributed by atoms with Gasteiger partial charge in [0.15, 0.2) is 0 Å². The summed E-state index contributed by atoms with van der Waals surface area (Å²) in [5, 5.41) is 0. The van der Waals surface area contributed by atoms with Crippen LogP contribution in [0.3, 0.4) is 0 Å². The quantitative estimate of drug-likeness (QED) is 0.531. The Morgan fingerprint density at radius 2 is 0.913 bits per heavy atom. The average molecular weight is 349 g/mol. The molecule has 0 atom stereocenters. The maximum absolute atomic E-state index is 6.32. The van der Waals surface area contributed by atoms with E-state index < -0.39 is 18.3 Å². The Hall–Kier alpha value is -0.366. The van der Waals surface area contributed by atoms with Crippen molar-refractivity contribution in [1.29, 1.82) is 0 Å². The third-order valence-corrected chi connectivity index (χ3v) is 12.0. The van der Waals surface area contributed by atoms with Crippen LogP contribution in [-0.2, 0) is 21.6 Å². The Morgan fingerprint density at radius 1 is 0.609 bits per heavy atom. The van der Waals surface area contributed by atoms with Crippen LogP contribution in [0.1, 0.15) is 69.2 Å². The standard InChI is InChI=1S/2C10H15.CH3O.Ti/c2*1-7-6-10(4,5)9(3)8(7)2;1-2;/h2*1-5H3;1H3;/q;;-1;+1. The van der Waals surface area contributed by atoms with Gasteiger partial charge in [0, 0.05) is 0 Å². The van der Waals surface area contributed by atoms with E-state index >= 15 is 0 Å². The number of rotatable bonds is 3. The van der Waals surface area contributed by atoms with Crippen LogP contribution < -0.4 is 0 Å². The molecule has 0 aromatic rings. The molecule has 0 amide bonds. The van der Waals surface area contributed by atoms with Gasteiger partial charge in [-0.05, 0) is 0 Å². The molecule has 0 N–H and O–H groups in total. The Bertz CT molecular complexity index is 623. The zero-order valence-electron chi connectivity index (χ0n) is 16.9. The van der Waals surface area contributed by atoms with E-state index in [-0.39, 0.29) is 10.8 Å². The second-order valence-electron chi connectivity index (χ2n) is 8.28. The first-order valence-electron chi connectivity index (χ1n) is 8.61. The predicted molar refractivity (Wildman–Crippen MR) is 96.7 cm³/mol. The number of hydrogen-bond donors (Lipinski definition) is 0. The van der Waals surface area contributed by atoms with Crippen LogP contribution in [0.4, 0.5) is 0 Å². The van der Waals surface area contributed by atoms with Crippen molar-refractivity contribution < 1.29 is 21.6 Å². The Balaban J connectivity index is 2.65. The molecule has 2 aliphatic rings. The van der Waals surface area contributed by atoms with E-state index in [1.807, 2.05) is 7.11 Å². The van der Waals surface area contributed by atoms with Crippen molar-refractivity contribution in [3.8, 4) is 0 Å².